The first-order chi connectivity index (χ1) is 4.20. The maximum absolute atomic E-state index is 8.86. The zero-order valence-corrected chi connectivity index (χ0v) is 8.51. The van der Waals surface area contributed by atoms with Crippen LogP contribution in [0.15, 0.2) is 18.2 Å². The Labute approximate surface area is 89.4 Å². The Morgan fingerprint density at radius 3 is 1.83 bits per heavy atom. The zero-order chi connectivity index (χ0) is 6.85. The van der Waals surface area contributed by atoms with Gasteiger partial charge in [-0.25, -0.2) is 0 Å². The number of nitrogen functional groups attached to an aromatic ring is 2. The van der Waals surface area contributed by atoms with Crippen molar-refractivity contribution in [3.63, 3.8) is 0 Å². The van der Waals surface area contributed by atoms with Gasteiger partial charge < -0.3 is 16.6 Å². The number of anilines is 2. The van der Waals surface area contributed by atoms with Crippen LogP contribution in [0.25, 0.3) is 0 Å². The third-order valence-corrected chi connectivity index (χ3v) is 1.05. The topological polar surface area (TPSA) is 72.3 Å². The second kappa shape index (κ2) is 7.16. The van der Waals surface area contributed by atoms with Gasteiger partial charge in [0.15, 0.2) is 0 Å². The first-order valence-corrected chi connectivity index (χ1v) is 2.54. The maximum Gasteiger partial charge on any atom is 0.138 e. The van der Waals surface area contributed by atoms with Crippen molar-refractivity contribution in [1.82, 2.24) is 0 Å². The summed E-state index contributed by atoms with van der Waals surface area (Å²) < 4.78 is 0. The van der Waals surface area contributed by atoms with Crippen LogP contribution in [-0.4, -0.2) is 5.11 Å². The molecular weight excluding hydrogens is 222 g/mol. The molecule has 0 saturated carbocycles. The van der Waals surface area contributed by atoms with Crippen molar-refractivity contribution in [3.05, 3.63) is 18.2 Å². The average molecular weight is 234 g/mol. The van der Waals surface area contributed by atoms with Gasteiger partial charge >= 0.3 is 0 Å². The summed E-state index contributed by atoms with van der Waals surface area (Å²) in [6.45, 7) is 0. The highest BCUT2D eigenvalue weighted by molar-refractivity contribution is 5.86. The van der Waals surface area contributed by atoms with Crippen molar-refractivity contribution in [3.8, 4) is 5.75 Å². The van der Waals surface area contributed by atoms with Gasteiger partial charge in [0.1, 0.15) is 5.75 Å². The first kappa shape index (κ1) is 17.5. The molecule has 0 aliphatic rings. The number of halogens is 3. The van der Waals surface area contributed by atoms with Crippen LogP contribution in [0, 0.1) is 0 Å². The van der Waals surface area contributed by atoms with Gasteiger partial charge in [0.2, 0.25) is 0 Å². The lowest BCUT2D eigenvalue weighted by molar-refractivity contribution is 0.478. The molecule has 0 radical (unpaired) electrons. The minimum atomic E-state index is 0. The van der Waals surface area contributed by atoms with Crippen molar-refractivity contribution >= 4 is 48.6 Å². The van der Waals surface area contributed by atoms with E-state index in [9.17, 15) is 0 Å². The average Bonchev–Trinajstić information content (AvgIpc) is 1.80. The zero-order valence-electron chi connectivity index (χ0n) is 6.06. The molecule has 0 atom stereocenters. The highest BCUT2D eigenvalue weighted by Crippen LogP contribution is 2.20. The minimum absolute atomic E-state index is 0. The molecule has 0 aliphatic carbocycles. The summed E-state index contributed by atoms with van der Waals surface area (Å²) in [6, 6.07) is 4.56. The van der Waals surface area contributed by atoms with E-state index < -0.39 is 0 Å². The Hall–Kier alpha value is -0.510. The summed E-state index contributed by atoms with van der Waals surface area (Å²) in [7, 11) is 0. The molecule has 0 heterocycles. The summed E-state index contributed by atoms with van der Waals surface area (Å²) in [6.07, 6.45) is 0. The summed E-state index contributed by atoms with van der Waals surface area (Å²) in [5, 5.41) is 8.86. The number of nitrogens with two attached hydrogens (primary N) is 2. The standard InChI is InChI=1S/C6H8N2O.3ClH/c7-4-1-2-6(9)5(8)3-4;;;/h1-3,9H,7-8H2;3*1H. The molecule has 1 aromatic rings. The van der Waals surface area contributed by atoms with Crippen LogP contribution in [0.4, 0.5) is 11.4 Å². The fourth-order valence-corrected chi connectivity index (χ4v) is 0.573. The van der Waals surface area contributed by atoms with Gasteiger partial charge in [0, 0.05) is 5.69 Å². The lowest BCUT2D eigenvalue weighted by Gasteiger charge is -1.97. The molecule has 0 aliphatic heterocycles. The Bertz CT molecular complexity index is 232. The van der Waals surface area contributed by atoms with Gasteiger partial charge in [0.05, 0.1) is 5.69 Å². The molecular formula is C6H11Cl3N2O. The molecule has 0 saturated heterocycles. The quantitative estimate of drug-likeness (QED) is 0.364. The van der Waals surface area contributed by atoms with Crippen molar-refractivity contribution < 1.29 is 5.11 Å². The van der Waals surface area contributed by atoms with Crippen LogP contribution in [0.1, 0.15) is 0 Å². The fraction of sp³-hybridized carbons (Fsp3) is 0. The summed E-state index contributed by atoms with van der Waals surface area (Å²) >= 11 is 0. The summed E-state index contributed by atoms with van der Waals surface area (Å²) in [5.74, 6) is 0.0733. The van der Waals surface area contributed by atoms with E-state index in [2.05, 4.69) is 0 Å². The largest absolute Gasteiger partial charge is 0.506 e. The molecule has 0 fully saturated rings. The monoisotopic (exact) mass is 232 g/mol. The second-order valence-corrected chi connectivity index (χ2v) is 1.82. The van der Waals surface area contributed by atoms with E-state index in [-0.39, 0.29) is 43.0 Å². The summed E-state index contributed by atoms with van der Waals surface area (Å²) in [4.78, 5) is 0. The van der Waals surface area contributed by atoms with Crippen LogP contribution in [0.5, 0.6) is 5.75 Å². The molecule has 12 heavy (non-hydrogen) atoms. The van der Waals surface area contributed by atoms with Crippen LogP contribution < -0.4 is 11.5 Å². The molecule has 0 bridgehead atoms. The SMILES string of the molecule is Cl.Cl.Cl.Nc1ccc(O)c(N)c1. The molecule has 0 unspecified atom stereocenters. The molecule has 1 aromatic carbocycles. The van der Waals surface area contributed by atoms with Crippen LogP contribution in [0.2, 0.25) is 0 Å². The van der Waals surface area contributed by atoms with Gasteiger partial charge in [-0.05, 0) is 18.2 Å². The van der Waals surface area contributed by atoms with E-state index in [4.69, 9.17) is 16.6 Å². The number of phenolic OH excluding ortho intramolecular Hbond substituents is 1. The van der Waals surface area contributed by atoms with Gasteiger partial charge in [-0.2, -0.15) is 0 Å². The van der Waals surface area contributed by atoms with Crippen molar-refractivity contribution in [2.75, 3.05) is 11.5 Å². The van der Waals surface area contributed by atoms with Gasteiger partial charge in [-0.1, -0.05) is 0 Å². The molecule has 72 valence electrons. The van der Waals surface area contributed by atoms with E-state index in [1.54, 1.807) is 6.07 Å². The van der Waals surface area contributed by atoms with Crippen molar-refractivity contribution in [1.29, 1.82) is 0 Å². The Kier molecular flexibility index (Phi) is 10.5. The molecule has 6 heteroatoms. The van der Waals surface area contributed by atoms with Gasteiger partial charge in [-0.15, -0.1) is 37.2 Å². The van der Waals surface area contributed by atoms with Gasteiger partial charge in [-0.3, -0.25) is 0 Å². The van der Waals surface area contributed by atoms with E-state index in [1.807, 2.05) is 0 Å². The second-order valence-electron chi connectivity index (χ2n) is 1.82. The molecule has 0 spiro atoms. The molecule has 0 aromatic heterocycles. The lowest BCUT2D eigenvalue weighted by Crippen LogP contribution is -1.88. The first-order valence-electron chi connectivity index (χ1n) is 2.54. The Morgan fingerprint density at radius 2 is 1.50 bits per heavy atom. The maximum atomic E-state index is 8.86. The normalized spacial score (nSPS) is 7.00. The van der Waals surface area contributed by atoms with Crippen LogP contribution in [-0.2, 0) is 0 Å². The highest BCUT2D eigenvalue weighted by atomic mass is 35.5. The summed E-state index contributed by atoms with van der Waals surface area (Å²) in [5.41, 5.74) is 11.5. The Morgan fingerprint density at radius 1 is 1.00 bits per heavy atom. The number of phenols is 1. The number of hydrogen-bond acceptors (Lipinski definition) is 3. The van der Waals surface area contributed by atoms with Crippen LogP contribution in [0.3, 0.4) is 0 Å². The number of rotatable bonds is 0. The van der Waals surface area contributed by atoms with E-state index >= 15 is 0 Å². The molecule has 3 nitrogen and oxygen atoms in total. The minimum Gasteiger partial charge on any atom is -0.506 e. The predicted octanol–water partition coefficient (Wildman–Crippen LogP) is 1.82. The predicted molar refractivity (Wildman–Crippen MR) is 58.7 cm³/mol. The number of benzene rings is 1. The van der Waals surface area contributed by atoms with E-state index in [0.717, 1.165) is 0 Å². The molecule has 5 N–H and O–H groups in total. The number of hydrogen-bond donors (Lipinski definition) is 3. The van der Waals surface area contributed by atoms with E-state index in [0.29, 0.717) is 11.4 Å². The van der Waals surface area contributed by atoms with Crippen molar-refractivity contribution in [2.45, 2.75) is 0 Å². The third kappa shape index (κ3) is 4.38. The number of aromatic hydroxyl groups is 1. The Balaban J connectivity index is -0.000000270. The fourth-order valence-electron chi connectivity index (χ4n) is 0.573. The van der Waals surface area contributed by atoms with E-state index in [1.165, 1.54) is 12.1 Å². The third-order valence-electron chi connectivity index (χ3n) is 1.05. The highest BCUT2D eigenvalue weighted by Gasteiger charge is 1.93. The van der Waals surface area contributed by atoms with Gasteiger partial charge in [0.25, 0.3) is 0 Å². The smallest absolute Gasteiger partial charge is 0.138 e. The van der Waals surface area contributed by atoms with Crippen molar-refractivity contribution in [2.24, 2.45) is 0 Å². The van der Waals surface area contributed by atoms with Crippen LogP contribution >= 0.6 is 37.2 Å². The molecule has 0 amide bonds. The molecule has 1 rings (SSSR count). The lowest BCUT2D eigenvalue weighted by atomic mass is 10.3.